The number of nitrogens with zero attached hydrogens (tertiary/aromatic N) is 4. The summed E-state index contributed by atoms with van der Waals surface area (Å²) in [6.07, 6.45) is 0. The fraction of sp³-hybridized carbons (Fsp3) is 0.500. The molecule has 1 aromatic carbocycles. The molecule has 0 radical (unpaired) electrons. The van der Waals surface area contributed by atoms with Gasteiger partial charge in [-0.15, -0.1) is 12.4 Å². The number of halogens is 1. The number of rotatable bonds is 3. The molecule has 0 atom stereocenters. The molecular weight excluding hydrogens is 300 g/mol. The second-order valence-electron chi connectivity index (χ2n) is 5.67. The SMILES string of the molecule is CCn1c(CN2CCN(C)CC2)nc2ccccc2c1=O.Cl. The van der Waals surface area contributed by atoms with Gasteiger partial charge in [-0.3, -0.25) is 14.3 Å². The molecule has 0 aliphatic carbocycles. The second kappa shape index (κ2) is 7.22. The Balaban J connectivity index is 0.00000176. The van der Waals surface area contributed by atoms with Crippen LogP contribution in [0.15, 0.2) is 29.1 Å². The van der Waals surface area contributed by atoms with E-state index >= 15 is 0 Å². The van der Waals surface area contributed by atoms with Crippen molar-refractivity contribution in [1.82, 2.24) is 19.4 Å². The average molecular weight is 323 g/mol. The van der Waals surface area contributed by atoms with Gasteiger partial charge in [0.2, 0.25) is 0 Å². The highest BCUT2D eigenvalue weighted by atomic mass is 35.5. The van der Waals surface area contributed by atoms with Crippen molar-refractivity contribution in [3.8, 4) is 0 Å². The summed E-state index contributed by atoms with van der Waals surface area (Å²) in [5.74, 6) is 0.880. The van der Waals surface area contributed by atoms with Gasteiger partial charge in [0, 0.05) is 32.7 Å². The van der Waals surface area contributed by atoms with E-state index in [-0.39, 0.29) is 18.0 Å². The Hall–Kier alpha value is -1.43. The summed E-state index contributed by atoms with van der Waals surface area (Å²) in [7, 11) is 2.15. The number of likely N-dealkylation sites (N-methyl/N-ethyl adjacent to an activating group) is 1. The van der Waals surface area contributed by atoms with Crippen molar-refractivity contribution < 1.29 is 0 Å². The number of para-hydroxylation sites is 1. The number of hydrogen-bond donors (Lipinski definition) is 0. The van der Waals surface area contributed by atoms with Crippen molar-refractivity contribution in [3.63, 3.8) is 0 Å². The smallest absolute Gasteiger partial charge is 0.261 e. The third-order valence-electron chi connectivity index (χ3n) is 4.22. The predicted octanol–water partition coefficient (Wildman–Crippen LogP) is 1.59. The summed E-state index contributed by atoms with van der Waals surface area (Å²) in [6, 6.07) is 7.61. The van der Waals surface area contributed by atoms with Crippen molar-refractivity contribution in [1.29, 1.82) is 0 Å². The van der Waals surface area contributed by atoms with Crippen LogP contribution in [0.25, 0.3) is 10.9 Å². The van der Waals surface area contributed by atoms with Crippen LogP contribution in [0, 0.1) is 0 Å². The molecule has 1 aliphatic rings. The van der Waals surface area contributed by atoms with E-state index in [1.807, 2.05) is 31.2 Å². The van der Waals surface area contributed by atoms with Gasteiger partial charge in [-0.25, -0.2) is 4.98 Å². The first-order valence-corrected chi connectivity index (χ1v) is 7.58. The molecule has 6 heteroatoms. The molecule has 0 N–H and O–H groups in total. The molecule has 5 nitrogen and oxygen atoms in total. The van der Waals surface area contributed by atoms with Crippen LogP contribution < -0.4 is 5.56 Å². The summed E-state index contributed by atoms with van der Waals surface area (Å²) in [4.78, 5) is 22.0. The van der Waals surface area contributed by atoms with Gasteiger partial charge in [0.25, 0.3) is 5.56 Å². The van der Waals surface area contributed by atoms with E-state index < -0.39 is 0 Å². The van der Waals surface area contributed by atoms with Crippen LogP contribution in [0.5, 0.6) is 0 Å². The van der Waals surface area contributed by atoms with Crippen LogP contribution in [0.2, 0.25) is 0 Å². The summed E-state index contributed by atoms with van der Waals surface area (Å²) in [5, 5.41) is 0.710. The maximum absolute atomic E-state index is 12.6. The van der Waals surface area contributed by atoms with Gasteiger partial charge in [0.1, 0.15) is 5.82 Å². The predicted molar refractivity (Wildman–Crippen MR) is 91.7 cm³/mol. The fourth-order valence-electron chi connectivity index (χ4n) is 2.87. The van der Waals surface area contributed by atoms with Crippen LogP contribution in [-0.4, -0.2) is 52.6 Å². The van der Waals surface area contributed by atoms with E-state index in [1.165, 1.54) is 0 Å². The van der Waals surface area contributed by atoms with Crippen LogP contribution in [0.3, 0.4) is 0 Å². The Morgan fingerprint density at radius 1 is 1.14 bits per heavy atom. The Morgan fingerprint density at radius 2 is 1.82 bits per heavy atom. The van der Waals surface area contributed by atoms with Gasteiger partial charge in [-0.05, 0) is 26.1 Å². The minimum Gasteiger partial charge on any atom is -0.304 e. The Bertz CT molecular complexity index is 692. The lowest BCUT2D eigenvalue weighted by Gasteiger charge is -2.32. The normalized spacial score (nSPS) is 16.6. The highest BCUT2D eigenvalue weighted by molar-refractivity contribution is 5.85. The number of benzene rings is 1. The Kier molecular flexibility index (Phi) is 5.56. The molecule has 3 rings (SSSR count). The number of fused-ring (bicyclic) bond motifs is 1. The van der Waals surface area contributed by atoms with Crippen LogP contribution in [0.4, 0.5) is 0 Å². The summed E-state index contributed by atoms with van der Waals surface area (Å²) in [6.45, 7) is 7.63. The minimum atomic E-state index is 0. The van der Waals surface area contributed by atoms with Gasteiger partial charge < -0.3 is 4.90 Å². The number of piperazine rings is 1. The van der Waals surface area contributed by atoms with Crippen molar-refractivity contribution in [2.24, 2.45) is 0 Å². The first kappa shape index (κ1) is 16.9. The summed E-state index contributed by atoms with van der Waals surface area (Å²) < 4.78 is 1.81. The highest BCUT2D eigenvalue weighted by Gasteiger charge is 2.17. The molecule has 2 aromatic rings. The van der Waals surface area contributed by atoms with Gasteiger partial charge in [-0.1, -0.05) is 12.1 Å². The molecule has 2 heterocycles. The quantitative estimate of drug-likeness (QED) is 0.860. The number of hydrogen-bond acceptors (Lipinski definition) is 4. The van der Waals surface area contributed by atoms with E-state index in [1.54, 1.807) is 4.57 Å². The third kappa shape index (κ3) is 3.32. The molecule has 0 unspecified atom stereocenters. The van der Waals surface area contributed by atoms with Crippen molar-refractivity contribution in [3.05, 3.63) is 40.4 Å². The zero-order valence-corrected chi connectivity index (χ0v) is 14.0. The van der Waals surface area contributed by atoms with Gasteiger partial charge in [0.15, 0.2) is 0 Å². The average Bonchev–Trinajstić information content (AvgIpc) is 2.50. The number of aromatic nitrogens is 2. The first-order valence-electron chi connectivity index (χ1n) is 7.58. The largest absolute Gasteiger partial charge is 0.304 e. The molecule has 120 valence electrons. The zero-order chi connectivity index (χ0) is 14.8. The van der Waals surface area contributed by atoms with E-state index in [2.05, 4.69) is 16.8 Å². The molecule has 0 spiro atoms. The van der Waals surface area contributed by atoms with E-state index in [4.69, 9.17) is 4.98 Å². The van der Waals surface area contributed by atoms with Crippen LogP contribution >= 0.6 is 12.4 Å². The highest BCUT2D eigenvalue weighted by Crippen LogP contribution is 2.11. The first-order chi connectivity index (χ1) is 10.2. The summed E-state index contributed by atoms with van der Waals surface area (Å²) in [5.41, 5.74) is 0.878. The minimum absolute atomic E-state index is 0. The molecule has 0 saturated carbocycles. The van der Waals surface area contributed by atoms with Gasteiger partial charge in [0.05, 0.1) is 17.4 Å². The topological polar surface area (TPSA) is 41.4 Å². The van der Waals surface area contributed by atoms with Gasteiger partial charge in [-0.2, -0.15) is 0 Å². The molecule has 1 aliphatic heterocycles. The lowest BCUT2D eigenvalue weighted by Crippen LogP contribution is -2.44. The Labute approximate surface area is 137 Å². The standard InChI is InChI=1S/C16H22N4O.ClH/c1-3-20-15(12-19-10-8-18(2)9-11-19)17-14-7-5-4-6-13(14)16(20)21;/h4-7H,3,8-12H2,1-2H3;1H. The maximum Gasteiger partial charge on any atom is 0.261 e. The lowest BCUT2D eigenvalue weighted by molar-refractivity contribution is 0.143. The van der Waals surface area contributed by atoms with Crippen molar-refractivity contribution in [2.75, 3.05) is 33.2 Å². The van der Waals surface area contributed by atoms with Crippen LogP contribution in [-0.2, 0) is 13.1 Å². The second-order valence-corrected chi connectivity index (χ2v) is 5.67. The molecule has 0 bridgehead atoms. The Morgan fingerprint density at radius 3 is 2.50 bits per heavy atom. The van der Waals surface area contributed by atoms with Crippen molar-refractivity contribution in [2.45, 2.75) is 20.0 Å². The zero-order valence-electron chi connectivity index (χ0n) is 13.2. The molecule has 0 amide bonds. The van der Waals surface area contributed by atoms with E-state index in [0.29, 0.717) is 11.9 Å². The van der Waals surface area contributed by atoms with Crippen molar-refractivity contribution >= 4 is 23.3 Å². The monoisotopic (exact) mass is 322 g/mol. The van der Waals surface area contributed by atoms with Gasteiger partial charge >= 0.3 is 0 Å². The summed E-state index contributed by atoms with van der Waals surface area (Å²) >= 11 is 0. The molecular formula is C16H23ClN4O. The van der Waals surface area contributed by atoms with Crippen LogP contribution in [0.1, 0.15) is 12.7 Å². The maximum atomic E-state index is 12.6. The fourth-order valence-corrected chi connectivity index (χ4v) is 2.87. The molecule has 1 saturated heterocycles. The molecule has 22 heavy (non-hydrogen) atoms. The molecule has 1 fully saturated rings. The lowest BCUT2D eigenvalue weighted by atomic mass is 10.2. The third-order valence-corrected chi connectivity index (χ3v) is 4.22. The molecule has 1 aromatic heterocycles. The van der Waals surface area contributed by atoms with E-state index in [9.17, 15) is 4.79 Å². The van der Waals surface area contributed by atoms with E-state index in [0.717, 1.165) is 44.1 Å².